The SMILES string of the molecule is CNCC1CCC1Cc1cccc(C)c1. The molecule has 82 valence electrons. The second kappa shape index (κ2) is 4.80. The van der Waals surface area contributed by atoms with Crippen LogP contribution in [0.25, 0.3) is 0 Å². The highest BCUT2D eigenvalue weighted by atomic mass is 14.8. The molecule has 2 atom stereocenters. The van der Waals surface area contributed by atoms with Crippen molar-refractivity contribution in [3.05, 3.63) is 35.4 Å². The maximum absolute atomic E-state index is 3.30. The molecule has 2 unspecified atom stereocenters. The van der Waals surface area contributed by atoms with Crippen molar-refractivity contribution in [1.82, 2.24) is 5.32 Å². The van der Waals surface area contributed by atoms with Crippen LogP contribution in [0.2, 0.25) is 0 Å². The van der Waals surface area contributed by atoms with Gasteiger partial charge in [0.15, 0.2) is 0 Å². The molecule has 0 heterocycles. The third-order valence-corrected chi connectivity index (χ3v) is 3.62. The minimum absolute atomic E-state index is 0.913. The van der Waals surface area contributed by atoms with E-state index in [1.165, 1.54) is 36.9 Å². The van der Waals surface area contributed by atoms with Gasteiger partial charge in [0.1, 0.15) is 0 Å². The van der Waals surface area contributed by atoms with Gasteiger partial charge in [-0.3, -0.25) is 0 Å². The topological polar surface area (TPSA) is 12.0 Å². The van der Waals surface area contributed by atoms with Crippen LogP contribution in [0.3, 0.4) is 0 Å². The first kappa shape index (κ1) is 10.7. The van der Waals surface area contributed by atoms with Crippen molar-refractivity contribution in [2.45, 2.75) is 26.2 Å². The third kappa shape index (κ3) is 2.60. The van der Waals surface area contributed by atoms with E-state index in [2.05, 4.69) is 43.6 Å². The van der Waals surface area contributed by atoms with Crippen LogP contribution < -0.4 is 5.32 Å². The van der Waals surface area contributed by atoms with E-state index < -0.39 is 0 Å². The molecule has 1 fully saturated rings. The van der Waals surface area contributed by atoms with E-state index in [4.69, 9.17) is 0 Å². The Morgan fingerprint density at radius 2 is 2.07 bits per heavy atom. The first-order chi connectivity index (χ1) is 7.29. The fraction of sp³-hybridized carbons (Fsp3) is 0.571. The van der Waals surface area contributed by atoms with Gasteiger partial charge in [0.25, 0.3) is 0 Å². The Labute approximate surface area is 92.9 Å². The standard InChI is InChI=1S/C14H21N/c1-11-4-3-5-12(8-11)9-13-6-7-14(13)10-15-2/h3-5,8,13-15H,6-7,9-10H2,1-2H3. The molecule has 0 amide bonds. The summed E-state index contributed by atoms with van der Waals surface area (Å²) in [6.45, 7) is 3.37. The van der Waals surface area contributed by atoms with Crippen molar-refractivity contribution in [2.24, 2.45) is 11.8 Å². The maximum atomic E-state index is 3.30. The van der Waals surface area contributed by atoms with Crippen LogP contribution in [-0.4, -0.2) is 13.6 Å². The van der Waals surface area contributed by atoms with Crippen LogP contribution in [0.5, 0.6) is 0 Å². The second-order valence-electron chi connectivity index (χ2n) is 4.85. The summed E-state index contributed by atoms with van der Waals surface area (Å²) in [7, 11) is 2.06. The fourth-order valence-corrected chi connectivity index (χ4v) is 2.58. The van der Waals surface area contributed by atoms with Crippen molar-refractivity contribution in [1.29, 1.82) is 0 Å². The number of nitrogens with one attached hydrogen (secondary N) is 1. The second-order valence-corrected chi connectivity index (χ2v) is 4.85. The van der Waals surface area contributed by atoms with Gasteiger partial charge < -0.3 is 5.32 Å². The van der Waals surface area contributed by atoms with E-state index in [0.29, 0.717) is 0 Å². The lowest BCUT2D eigenvalue weighted by atomic mass is 9.70. The van der Waals surface area contributed by atoms with E-state index in [9.17, 15) is 0 Å². The molecule has 1 aliphatic carbocycles. The van der Waals surface area contributed by atoms with Crippen LogP contribution in [0.1, 0.15) is 24.0 Å². The quantitative estimate of drug-likeness (QED) is 0.793. The van der Waals surface area contributed by atoms with Crippen LogP contribution >= 0.6 is 0 Å². The van der Waals surface area contributed by atoms with Gasteiger partial charge in [0.05, 0.1) is 0 Å². The van der Waals surface area contributed by atoms with Crippen LogP contribution in [0.4, 0.5) is 0 Å². The third-order valence-electron chi connectivity index (χ3n) is 3.62. The highest BCUT2D eigenvalue weighted by Crippen LogP contribution is 2.36. The van der Waals surface area contributed by atoms with Crippen molar-refractivity contribution in [3.8, 4) is 0 Å². The molecule has 0 aliphatic heterocycles. The molecule has 1 N–H and O–H groups in total. The summed E-state index contributed by atoms with van der Waals surface area (Å²) in [4.78, 5) is 0. The van der Waals surface area contributed by atoms with Gasteiger partial charge in [-0.25, -0.2) is 0 Å². The largest absolute Gasteiger partial charge is 0.319 e. The Hall–Kier alpha value is -0.820. The molecule has 1 nitrogen and oxygen atoms in total. The number of aryl methyl sites for hydroxylation is 1. The first-order valence-corrected chi connectivity index (χ1v) is 5.99. The summed E-state index contributed by atoms with van der Waals surface area (Å²) in [5.74, 6) is 1.83. The number of hydrogen-bond acceptors (Lipinski definition) is 1. The highest BCUT2D eigenvalue weighted by molar-refractivity contribution is 5.23. The molecule has 0 spiro atoms. The first-order valence-electron chi connectivity index (χ1n) is 5.99. The summed E-state index contributed by atoms with van der Waals surface area (Å²) in [5, 5.41) is 3.30. The molecule has 2 rings (SSSR count). The van der Waals surface area contributed by atoms with E-state index in [0.717, 1.165) is 11.8 Å². The minimum Gasteiger partial charge on any atom is -0.319 e. The lowest BCUT2D eigenvalue weighted by molar-refractivity contribution is 0.174. The lowest BCUT2D eigenvalue weighted by Gasteiger charge is -2.36. The van der Waals surface area contributed by atoms with Crippen LogP contribution in [-0.2, 0) is 6.42 Å². The lowest BCUT2D eigenvalue weighted by Crippen LogP contribution is -2.35. The van der Waals surface area contributed by atoms with Crippen molar-refractivity contribution < 1.29 is 0 Å². The molecule has 1 aromatic rings. The molecule has 0 saturated heterocycles. The predicted molar refractivity (Wildman–Crippen MR) is 65.0 cm³/mol. The Morgan fingerprint density at radius 3 is 2.67 bits per heavy atom. The normalized spacial score (nSPS) is 24.9. The maximum Gasteiger partial charge on any atom is -0.00208 e. The zero-order valence-corrected chi connectivity index (χ0v) is 9.79. The summed E-state index contributed by atoms with van der Waals surface area (Å²) >= 11 is 0. The molecule has 1 aromatic carbocycles. The van der Waals surface area contributed by atoms with Crippen molar-refractivity contribution >= 4 is 0 Å². The van der Waals surface area contributed by atoms with E-state index in [-0.39, 0.29) is 0 Å². The van der Waals surface area contributed by atoms with Gasteiger partial charge in [-0.15, -0.1) is 0 Å². The zero-order valence-electron chi connectivity index (χ0n) is 9.79. The van der Waals surface area contributed by atoms with Gasteiger partial charge in [0, 0.05) is 0 Å². The van der Waals surface area contributed by atoms with Gasteiger partial charge >= 0.3 is 0 Å². The molecule has 0 radical (unpaired) electrons. The summed E-state index contributed by atoms with van der Waals surface area (Å²) < 4.78 is 0. The molecule has 0 bridgehead atoms. The Balaban J connectivity index is 1.92. The van der Waals surface area contributed by atoms with Crippen LogP contribution in [0.15, 0.2) is 24.3 Å². The molecular weight excluding hydrogens is 182 g/mol. The van der Waals surface area contributed by atoms with E-state index in [1.54, 1.807) is 0 Å². The molecular formula is C14H21N. The van der Waals surface area contributed by atoms with Crippen molar-refractivity contribution in [3.63, 3.8) is 0 Å². The molecule has 1 aliphatic rings. The number of rotatable bonds is 4. The van der Waals surface area contributed by atoms with Crippen LogP contribution in [0, 0.1) is 18.8 Å². The molecule has 15 heavy (non-hydrogen) atoms. The predicted octanol–water partition coefficient (Wildman–Crippen LogP) is 2.78. The number of hydrogen-bond donors (Lipinski definition) is 1. The molecule has 1 heteroatoms. The monoisotopic (exact) mass is 203 g/mol. The van der Waals surface area contributed by atoms with E-state index in [1.807, 2.05) is 0 Å². The summed E-state index contributed by atoms with van der Waals surface area (Å²) in [5.41, 5.74) is 2.90. The molecule has 1 saturated carbocycles. The Morgan fingerprint density at radius 1 is 1.27 bits per heavy atom. The number of benzene rings is 1. The zero-order chi connectivity index (χ0) is 10.7. The minimum atomic E-state index is 0.913. The summed E-state index contributed by atoms with van der Waals surface area (Å²) in [6.07, 6.45) is 4.10. The van der Waals surface area contributed by atoms with Gasteiger partial charge in [-0.2, -0.15) is 0 Å². The Bertz CT molecular complexity index is 319. The fourth-order valence-electron chi connectivity index (χ4n) is 2.58. The Kier molecular flexibility index (Phi) is 3.42. The smallest absolute Gasteiger partial charge is 0.00208 e. The van der Waals surface area contributed by atoms with Gasteiger partial charge in [-0.05, 0) is 57.2 Å². The van der Waals surface area contributed by atoms with Gasteiger partial charge in [-0.1, -0.05) is 29.8 Å². The molecule has 0 aromatic heterocycles. The summed E-state index contributed by atoms with van der Waals surface area (Å²) in [6, 6.07) is 8.95. The van der Waals surface area contributed by atoms with E-state index >= 15 is 0 Å². The van der Waals surface area contributed by atoms with Gasteiger partial charge in [0.2, 0.25) is 0 Å². The average Bonchev–Trinajstić information content (AvgIpc) is 2.21. The highest BCUT2D eigenvalue weighted by Gasteiger charge is 2.29. The average molecular weight is 203 g/mol. The van der Waals surface area contributed by atoms with Crippen molar-refractivity contribution in [2.75, 3.05) is 13.6 Å².